The van der Waals surface area contributed by atoms with Crippen LogP contribution in [0.25, 0.3) is 0 Å². The molecule has 4 fully saturated rings. The van der Waals surface area contributed by atoms with Crippen LogP contribution in [0, 0.1) is 0 Å². The largest absolute Gasteiger partial charge is 0.394 e. The van der Waals surface area contributed by atoms with Gasteiger partial charge >= 0.3 is 0 Å². The third-order valence-corrected chi connectivity index (χ3v) is 11.2. The molecule has 0 radical (unpaired) electrons. The van der Waals surface area contributed by atoms with Crippen molar-refractivity contribution in [3.63, 3.8) is 0 Å². The summed E-state index contributed by atoms with van der Waals surface area (Å²) in [5.41, 5.74) is 0. The van der Waals surface area contributed by atoms with E-state index in [2.05, 4.69) is 16.0 Å². The molecule has 4 saturated heterocycles. The van der Waals surface area contributed by atoms with Gasteiger partial charge in [0.15, 0.2) is 25.2 Å². The molecule has 0 saturated carbocycles. The van der Waals surface area contributed by atoms with Gasteiger partial charge in [0, 0.05) is 20.8 Å². The topological polar surface area (TPSA) is 465 Å². The summed E-state index contributed by atoms with van der Waals surface area (Å²) in [4.78, 5) is 36.8. The maximum absolute atomic E-state index is 12.6. The SMILES string of the molecule is CC(=O)N[C@H]1[C@H](OC[C@H]2O[C@@H](O[C@@H]([C@@H](O)[C@H](O)CO)[C@H](CO)NC(C)=O)[C@H](O)[C@@H](O[C@@H]3O[C@H](CO)[C@@H](O)[C@H](O[C@@H]4O[C@H](CO)[C@H](O)[C@H](O)[C@H]4O)[C@H]3NC(C)=O)[C@H]2O)O[C@H](CO)[C@@H](O)[C@@H]1O. The molecule has 0 aromatic heterocycles. The van der Waals surface area contributed by atoms with Gasteiger partial charge in [-0.15, -0.1) is 0 Å². The van der Waals surface area contributed by atoms with Gasteiger partial charge in [0.2, 0.25) is 17.7 Å². The van der Waals surface area contributed by atoms with Gasteiger partial charge in [-0.1, -0.05) is 0 Å². The van der Waals surface area contributed by atoms with Crippen molar-refractivity contribution in [2.45, 2.75) is 168 Å². The quantitative estimate of drug-likeness (QED) is 0.0539. The Hall–Kier alpha value is -2.51. The minimum atomic E-state index is -2.28. The molecule has 24 atom stereocenters. The lowest BCUT2D eigenvalue weighted by Gasteiger charge is -2.50. The summed E-state index contributed by atoms with van der Waals surface area (Å²) in [6, 6.07) is -4.88. The number of hydrogen-bond donors (Lipinski definition) is 18. The highest BCUT2D eigenvalue weighted by atomic mass is 16.8. The first-order chi connectivity index (χ1) is 30.6. The molecule has 29 nitrogen and oxygen atoms in total. The van der Waals surface area contributed by atoms with Crippen molar-refractivity contribution < 1.29 is 129 Å². The van der Waals surface area contributed by atoms with Crippen LogP contribution in [0.5, 0.6) is 0 Å². The van der Waals surface area contributed by atoms with Crippen LogP contribution in [0.1, 0.15) is 20.8 Å². The van der Waals surface area contributed by atoms with Crippen LogP contribution in [0.2, 0.25) is 0 Å². The lowest BCUT2D eigenvalue weighted by atomic mass is 9.94. The monoisotopic (exact) mass is 953 g/mol. The van der Waals surface area contributed by atoms with Gasteiger partial charge in [-0.2, -0.15) is 0 Å². The zero-order chi connectivity index (χ0) is 48.6. The van der Waals surface area contributed by atoms with E-state index in [0.29, 0.717) is 0 Å². The Labute approximate surface area is 369 Å². The van der Waals surface area contributed by atoms with Crippen LogP contribution < -0.4 is 16.0 Å². The third-order valence-electron chi connectivity index (χ3n) is 11.2. The zero-order valence-corrected chi connectivity index (χ0v) is 35.3. The van der Waals surface area contributed by atoms with Crippen LogP contribution in [0.3, 0.4) is 0 Å². The van der Waals surface area contributed by atoms with Gasteiger partial charge < -0.3 is 130 Å². The first kappa shape index (κ1) is 55.1. The number of carbonyl (C=O) groups excluding carboxylic acids is 3. The fraction of sp³-hybridized carbons (Fsp3) is 0.917. The van der Waals surface area contributed by atoms with Crippen LogP contribution in [-0.4, -0.2) is 281 Å². The fourth-order valence-electron chi connectivity index (χ4n) is 7.73. The molecule has 18 N–H and O–H groups in total. The van der Waals surface area contributed by atoms with E-state index in [4.69, 9.17) is 37.9 Å². The molecule has 0 aromatic rings. The van der Waals surface area contributed by atoms with Crippen molar-refractivity contribution >= 4 is 17.7 Å². The van der Waals surface area contributed by atoms with Gasteiger partial charge in [0.25, 0.3) is 0 Å². The number of rotatable bonds is 20. The fourth-order valence-corrected chi connectivity index (χ4v) is 7.73. The molecular weight excluding hydrogens is 890 g/mol. The predicted molar refractivity (Wildman–Crippen MR) is 204 cm³/mol. The van der Waals surface area contributed by atoms with Crippen LogP contribution >= 0.6 is 0 Å². The van der Waals surface area contributed by atoms with Crippen molar-refractivity contribution in [1.82, 2.24) is 16.0 Å². The molecule has 0 spiro atoms. The second-order valence-electron chi connectivity index (χ2n) is 16.0. The number of aliphatic hydroxyl groups is 15. The average Bonchev–Trinajstić information content (AvgIpc) is 3.26. The lowest BCUT2D eigenvalue weighted by molar-refractivity contribution is -0.373. The number of carbonyl (C=O) groups is 3. The van der Waals surface area contributed by atoms with Gasteiger partial charge in [0.05, 0.1) is 45.7 Å². The maximum Gasteiger partial charge on any atom is 0.217 e. The van der Waals surface area contributed by atoms with E-state index in [9.17, 15) is 91.0 Å². The molecule has 29 heteroatoms. The molecule has 3 amide bonds. The highest BCUT2D eigenvalue weighted by molar-refractivity contribution is 5.74. The number of nitrogens with one attached hydrogen (secondary N) is 3. The summed E-state index contributed by atoms with van der Waals surface area (Å²) >= 11 is 0. The second-order valence-corrected chi connectivity index (χ2v) is 16.0. The maximum atomic E-state index is 12.6. The number of amides is 3. The van der Waals surface area contributed by atoms with E-state index in [1.165, 1.54) is 0 Å². The third kappa shape index (κ3) is 13.2. The highest BCUT2D eigenvalue weighted by Crippen LogP contribution is 2.34. The summed E-state index contributed by atoms with van der Waals surface area (Å²) in [7, 11) is 0. The Morgan fingerprint density at radius 3 is 1.55 bits per heavy atom. The molecule has 0 unspecified atom stereocenters. The van der Waals surface area contributed by atoms with E-state index in [-0.39, 0.29) is 0 Å². The van der Waals surface area contributed by atoms with Crippen LogP contribution in [0.4, 0.5) is 0 Å². The summed E-state index contributed by atoms with van der Waals surface area (Å²) in [6.07, 6.45) is -40.1. The van der Waals surface area contributed by atoms with E-state index in [1.54, 1.807) is 0 Å². The summed E-state index contributed by atoms with van der Waals surface area (Å²) < 4.78 is 46.2. The Balaban J connectivity index is 1.76. The van der Waals surface area contributed by atoms with Crippen LogP contribution in [-0.2, 0) is 52.3 Å². The second kappa shape index (κ2) is 24.7. The molecule has 65 heavy (non-hydrogen) atoms. The van der Waals surface area contributed by atoms with Crippen molar-refractivity contribution in [1.29, 1.82) is 0 Å². The zero-order valence-electron chi connectivity index (χ0n) is 35.3. The number of aliphatic hydroxyl groups excluding tert-OH is 15. The van der Waals surface area contributed by atoms with Crippen molar-refractivity contribution in [2.24, 2.45) is 0 Å². The number of hydrogen-bond acceptors (Lipinski definition) is 26. The molecule has 0 aliphatic carbocycles. The molecule has 4 aliphatic rings. The van der Waals surface area contributed by atoms with Gasteiger partial charge in [0.1, 0.15) is 116 Å². The molecule has 4 rings (SSSR count). The first-order valence-electron chi connectivity index (χ1n) is 20.5. The average molecular weight is 954 g/mol. The summed E-state index contributed by atoms with van der Waals surface area (Å²) in [6.45, 7) is -2.62. The van der Waals surface area contributed by atoms with Gasteiger partial charge in [-0.25, -0.2) is 0 Å². The lowest BCUT2D eigenvalue weighted by Crippen LogP contribution is -2.70. The number of ether oxygens (including phenoxy) is 8. The minimum absolute atomic E-state index is 0.728. The Bertz CT molecular complexity index is 1510. The first-order valence-corrected chi connectivity index (χ1v) is 20.5. The van der Waals surface area contributed by atoms with Gasteiger partial charge in [-0.3, -0.25) is 14.4 Å². The van der Waals surface area contributed by atoms with E-state index in [0.717, 1.165) is 20.8 Å². The van der Waals surface area contributed by atoms with Gasteiger partial charge in [-0.05, 0) is 0 Å². The predicted octanol–water partition coefficient (Wildman–Crippen LogP) is -11.9. The standard InChI is InChI=1S/C36H63N3O26/c1-10(45)37-13(4-40)30(21(49)14(48)5-41)63-36-29(57)32(25(53)18(62-36)9-58-33-19(38-11(2)46)26(54)22(50)15(6-42)59-33)65-34-20(39-12(3)47)31(24(52)17(8-44)60-34)64-35-28(56)27(55)23(51)16(7-43)61-35/h13-36,40-44,48-57H,4-9H2,1-3H3,(H,37,45)(H,38,46)(H,39,47)/t13-,14+,15+,16+,17+,18+,19+,20+,21-,22+,23-,24+,25-,26+,27-,28+,29+,30+,31+,32-,33+,34-,35-,36-/m0/s1. The highest BCUT2D eigenvalue weighted by Gasteiger charge is 2.56. The summed E-state index contributed by atoms with van der Waals surface area (Å²) in [5, 5.41) is 166. The van der Waals surface area contributed by atoms with E-state index < -0.39 is 204 Å². The molecule has 4 aliphatic heterocycles. The van der Waals surface area contributed by atoms with E-state index >= 15 is 0 Å². The molecule has 0 bridgehead atoms. The Morgan fingerprint density at radius 1 is 0.523 bits per heavy atom. The molecule has 4 heterocycles. The normalized spacial score (nSPS) is 42.0. The van der Waals surface area contributed by atoms with Crippen molar-refractivity contribution in [2.75, 3.05) is 39.6 Å². The molecule has 378 valence electrons. The smallest absolute Gasteiger partial charge is 0.217 e. The van der Waals surface area contributed by atoms with Crippen molar-refractivity contribution in [3.8, 4) is 0 Å². The Kier molecular flexibility index (Phi) is 20.9. The van der Waals surface area contributed by atoms with Crippen LogP contribution in [0.15, 0.2) is 0 Å². The van der Waals surface area contributed by atoms with Crippen molar-refractivity contribution in [3.05, 3.63) is 0 Å². The Morgan fingerprint density at radius 2 is 1.02 bits per heavy atom. The minimum Gasteiger partial charge on any atom is -0.394 e. The molecule has 0 aromatic carbocycles. The molecular formula is C36H63N3O26. The van der Waals surface area contributed by atoms with E-state index in [1.807, 2.05) is 0 Å². The summed E-state index contributed by atoms with van der Waals surface area (Å²) in [5.74, 6) is -2.37.